The molecule has 2 fully saturated rings. The molecule has 0 radical (unpaired) electrons. The molecule has 0 N–H and O–H groups in total. The molecule has 3 heteroatoms. The van der Waals surface area contributed by atoms with Gasteiger partial charge in [0.2, 0.25) is 0 Å². The second-order valence-electron chi connectivity index (χ2n) is 11.6. The molecule has 0 unspecified atom stereocenters. The molecule has 0 amide bonds. The van der Waals surface area contributed by atoms with Crippen molar-refractivity contribution in [3.05, 3.63) is 70.8 Å². The first-order valence-electron chi connectivity index (χ1n) is 14.7. The van der Waals surface area contributed by atoms with Crippen molar-refractivity contribution in [1.82, 2.24) is 0 Å². The van der Waals surface area contributed by atoms with E-state index in [2.05, 4.69) is 38.1 Å². The van der Waals surface area contributed by atoms with E-state index in [4.69, 9.17) is 4.74 Å². The minimum Gasteiger partial charge on any atom is -0.316 e. The zero-order chi connectivity index (χ0) is 25.4. The van der Waals surface area contributed by atoms with Gasteiger partial charge in [-0.1, -0.05) is 101 Å². The molecule has 0 aliphatic heterocycles. The molecule has 0 heterocycles. The van der Waals surface area contributed by atoms with Gasteiger partial charge in [-0.2, -0.15) is 8.78 Å². The van der Waals surface area contributed by atoms with Crippen molar-refractivity contribution >= 4 is 0 Å². The lowest BCUT2D eigenvalue weighted by Gasteiger charge is -2.29. The fraction of sp³-hybridized carbons (Fsp3) is 0.636. The van der Waals surface area contributed by atoms with Crippen molar-refractivity contribution in [2.45, 2.75) is 115 Å². The van der Waals surface area contributed by atoms with Gasteiger partial charge in [-0.3, -0.25) is 0 Å². The molecule has 2 saturated carbocycles. The van der Waals surface area contributed by atoms with Gasteiger partial charge >= 0.3 is 6.11 Å². The summed E-state index contributed by atoms with van der Waals surface area (Å²) >= 11 is 0. The van der Waals surface area contributed by atoms with Crippen LogP contribution in [0.1, 0.15) is 125 Å². The Morgan fingerprint density at radius 2 is 1.31 bits per heavy atom. The van der Waals surface area contributed by atoms with Crippen molar-refractivity contribution in [1.29, 1.82) is 0 Å². The Labute approximate surface area is 218 Å². The van der Waals surface area contributed by atoms with Crippen molar-refractivity contribution in [3.8, 4) is 0 Å². The first kappa shape index (κ1) is 27.3. The van der Waals surface area contributed by atoms with Crippen LogP contribution in [0.3, 0.4) is 0 Å². The predicted molar refractivity (Wildman–Crippen MR) is 146 cm³/mol. The Balaban J connectivity index is 1.22. The van der Waals surface area contributed by atoms with E-state index in [9.17, 15) is 8.78 Å². The van der Waals surface area contributed by atoms with E-state index in [0.717, 1.165) is 17.4 Å². The van der Waals surface area contributed by atoms with Gasteiger partial charge in [-0.25, -0.2) is 0 Å². The molecule has 2 aliphatic carbocycles. The van der Waals surface area contributed by atoms with Crippen LogP contribution < -0.4 is 0 Å². The van der Waals surface area contributed by atoms with Gasteiger partial charge in [0.15, 0.2) is 0 Å². The van der Waals surface area contributed by atoms with Crippen molar-refractivity contribution in [2.75, 3.05) is 6.61 Å². The summed E-state index contributed by atoms with van der Waals surface area (Å²) in [6.45, 7) is 4.60. The Morgan fingerprint density at radius 3 is 1.89 bits per heavy atom. The molecule has 0 saturated heterocycles. The van der Waals surface area contributed by atoms with Crippen molar-refractivity contribution < 1.29 is 13.5 Å². The van der Waals surface area contributed by atoms with E-state index in [0.29, 0.717) is 18.3 Å². The van der Waals surface area contributed by atoms with Crippen LogP contribution in [-0.4, -0.2) is 6.61 Å². The van der Waals surface area contributed by atoms with Crippen LogP contribution in [0.15, 0.2) is 48.5 Å². The topological polar surface area (TPSA) is 9.23 Å². The molecule has 2 aliphatic rings. The van der Waals surface area contributed by atoms with Crippen molar-refractivity contribution in [2.24, 2.45) is 11.8 Å². The standard InChI is InChI=1S/C33H46F2O/c1-3-4-5-6-26-9-15-30(16-10-26)31-19-21-32(22-20-31)33(34,35)36-24-23-27-11-17-29(18-12-27)28-13-7-25(2)8-14-28/h11-12,17-22,25-26,28,30H,3-10,13-16,23-24H2,1-2H3. The van der Waals surface area contributed by atoms with E-state index in [1.165, 1.54) is 88.2 Å². The Morgan fingerprint density at radius 1 is 0.750 bits per heavy atom. The summed E-state index contributed by atoms with van der Waals surface area (Å²) in [5.41, 5.74) is 3.61. The zero-order valence-electron chi connectivity index (χ0n) is 22.5. The third kappa shape index (κ3) is 7.63. The molecule has 0 spiro atoms. The highest BCUT2D eigenvalue weighted by Gasteiger charge is 2.33. The quantitative estimate of drug-likeness (QED) is 0.281. The fourth-order valence-electron chi connectivity index (χ4n) is 6.35. The number of hydrogen-bond donors (Lipinski definition) is 0. The maximum atomic E-state index is 14.7. The normalized spacial score (nSPS) is 25.1. The minimum atomic E-state index is -3.26. The number of hydrogen-bond acceptors (Lipinski definition) is 1. The lowest BCUT2D eigenvalue weighted by molar-refractivity contribution is -0.248. The number of halogens is 2. The number of benzene rings is 2. The Kier molecular flexibility index (Phi) is 9.99. The van der Waals surface area contributed by atoms with E-state index in [1.807, 2.05) is 12.1 Å². The smallest absolute Gasteiger partial charge is 0.316 e. The molecular formula is C33H46F2O. The van der Waals surface area contributed by atoms with Crippen LogP contribution in [0.25, 0.3) is 0 Å². The highest BCUT2D eigenvalue weighted by molar-refractivity contribution is 5.28. The molecule has 2 aromatic rings. The van der Waals surface area contributed by atoms with Crippen LogP contribution in [0.4, 0.5) is 8.78 Å². The molecule has 2 aromatic carbocycles. The summed E-state index contributed by atoms with van der Waals surface area (Å²) in [7, 11) is 0. The van der Waals surface area contributed by atoms with Gasteiger partial charge in [-0.15, -0.1) is 0 Å². The van der Waals surface area contributed by atoms with Crippen LogP contribution in [-0.2, 0) is 17.3 Å². The first-order chi connectivity index (χ1) is 17.4. The fourth-order valence-corrected chi connectivity index (χ4v) is 6.35. The summed E-state index contributed by atoms with van der Waals surface area (Å²) in [5.74, 6) is 2.86. The van der Waals surface area contributed by atoms with E-state index >= 15 is 0 Å². The Hall–Kier alpha value is -1.74. The maximum Gasteiger partial charge on any atom is 0.383 e. The summed E-state index contributed by atoms with van der Waals surface area (Å²) in [5, 5.41) is 0. The van der Waals surface area contributed by atoms with Gasteiger partial charge in [0.1, 0.15) is 0 Å². The van der Waals surface area contributed by atoms with Crippen LogP contribution >= 0.6 is 0 Å². The van der Waals surface area contributed by atoms with Crippen LogP contribution in [0.2, 0.25) is 0 Å². The maximum absolute atomic E-state index is 14.7. The number of unbranched alkanes of at least 4 members (excludes halogenated alkanes) is 2. The molecule has 1 nitrogen and oxygen atoms in total. The minimum absolute atomic E-state index is 0.0110. The van der Waals surface area contributed by atoms with E-state index in [1.54, 1.807) is 12.1 Å². The molecule has 36 heavy (non-hydrogen) atoms. The van der Waals surface area contributed by atoms with E-state index in [-0.39, 0.29) is 12.2 Å². The largest absolute Gasteiger partial charge is 0.383 e. The summed E-state index contributed by atoms with van der Waals surface area (Å²) in [6, 6.07) is 15.5. The second-order valence-corrected chi connectivity index (χ2v) is 11.6. The number of alkyl halides is 2. The van der Waals surface area contributed by atoms with Crippen molar-refractivity contribution in [3.63, 3.8) is 0 Å². The van der Waals surface area contributed by atoms with Crippen LogP contribution in [0, 0.1) is 11.8 Å². The second kappa shape index (κ2) is 13.2. The number of rotatable bonds is 11. The molecule has 4 rings (SSSR count). The SMILES string of the molecule is CCCCCC1CCC(c2ccc(C(F)(F)OCCc3ccc(C4CCC(C)CC4)cc3)cc2)CC1. The van der Waals surface area contributed by atoms with Gasteiger partial charge < -0.3 is 4.74 Å². The third-order valence-corrected chi connectivity index (χ3v) is 8.92. The first-order valence-corrected chi connectivity index (χ1v) is 14.7. The monoisotopic (exact) mass is 496 g/mol. The third-order valence-electron chi connectivity index (χ3n) is 8.92. The molecule has 0 atom stereocenters. The zero-order valence-corrected chi connectivity index (χ0v) is 22.5. The number of ether oxygens (including phenoxy) is 1. The summed E-state index contributed by atoms with van der Waals surface area (Å²) in [6.07, 6.45) is 12.6. The molecular weight excluding hydrogens is 450 g/mol. The Bertz CT molecular complexity index is 888. The van der Waals surface area contributed by atoms with Gasteiger partial charge in [0.25, 0.3) is 0 Å². The van der Waals surface area contributed by atoms with E-state index < -0.39 is 6.11 Å². The van der Waals surface area contributed by atoms with Gasteiger partial charge in [-0.05, 0) is 85.3 Å². The average Bonchev–Trinajstić information content (AvgIpc) is 2.90. The lowest BCUT2D eigenvalue weighted by Crippen LogP contribution is -2.20. The average molecular weight is 497 g/mol. The summed E-state index contributed by atoms with van der Waals surface area (Å²) < 4.78 is 34.6. The van der Waals surface area contributed by atoms with Gasteiger partial charge in [0.05, 0.1) is 12.2 Å². The lowest BCUT2D eigenvalue weighted by atomic mass is 9.77. The summed E-state index contributed by atoms with van der Waals surface area (Å²) in [4.78, 5) is 0. The molecule has 0 bridgehead atoms. The molecule has 198 valence electrons. The predicted octanol–water partition coefficient (Wildman–Crippen LogP) is 10.1. The highest BCUT2D eigenvalue weighted by atomic mass is 19.3. The van der Waals surface area contributed by atoms with Gasteiger partial charge in [0, 0.05) is 0 Å². The van der Waals surface area contributed by atoms with Crippen LogP contribution in [0.5, 0.6) is 0 Å². The highest BCUT2D eigenvalue weighted by Crippen LogP contribution is 2.39. The molecule has 0 aromatic heterocycles.